The van der Waals surface area contributed by atoms with E-state index in [1.54, 1.807) is 0 Å². The third kappa shape index (κ3) is 2.77. The number of ether oxygens (including phenoxy) is 1. The average molecular weight is 314 g/mol. The first-order chi connectivity index (χ1) is 8.56. The second-order valence-electron chi connectivity index (χ2n) is 3.16. The first-order valence-corrected chi connectivity index (χ1v) is 5.45. The molecule has 0 amide bonds. The molecule has 18 heavy (non-hydrogen) atoms. The van der Waals surface area contributed by atoms with Gasteiger partial charge in [-0.1, -0.05) is 0 Å². The van der Waals surface area contributed by atoms with Gasteiger partial charge in [0.05, 0.1) is 9.40 Å². The van der Waals surface area contributed by atoms with Crippen LogP contribution in [0.1, 0.15) is 0 Å². The van der Waals surface area contributed by atoms with Gasteiger partial charge in [-0.3, -0.25) is 10.1 Å². The van der Waals surface area contributed by atoms with Gasteiger partial charge in [-0.05, 0) is 28.1 Å². The van der Waals surface area contributed by atoms with E-state index in [-0.39, 0.29) is 17.4 Å². The number of nitro groups is 1. The fourth-order valence-electron chi connectivity index (χ4n) is 1.11. The highest BCUT2D eigenvalue weighted by molar-refractivity contribution is 9.10. The Morgan fingerprint density at radius 2 is 2.00 bits per heavy atom. The molecule has 0 spiro atoms. The Bertz CT molecular complexity index is 591. The maximum absolute atomic E-state index is 13.0. The molecule has 92 valence electrons. The lowest BCUT2D eigenvalue weighted by molar-refractivity contribution is -0.385. The van der Waals surface area contributed by atoms with E-state index in [4.69, 9.17) is 4.74 Å². The zero-order valence-corrected chi connectivity index (χ0v) is 10.3. The van der Waals surface area contributed by atoms with Crippen molar-refractivity contribution in [3.63, 3.8) is 0 Å². The number of rotatable bonds is 3. The Balaban J connectivity index is 2.23. The van der Waals surface area contributed by atoms with E-state index in [2.05, 4.69) is 25.9 Å². The van der Waals surface area contributed by atoms with Crippen molar-refractivity contribution in [2.45, 2.75) is 0 Å². The molecule has 0 aliphatic rings. The molecule has 0 aliphatic carbocycles. The van der Waals surface area contributed by atoms with Crippen molar-refractivity contribution in [1.29, 1.82) is 0 Å². The molecular formula is C10H5BrFN3O3. The van der Waals surface area contributed by atoms with Crippen molar-refractivity contribution in [3.05, 3.63) is 51.0 Å². The van der Waals surface area contributed by atoms with Crippen LogP contribution in [0.25, 0.3) is 0 Å². The molecular weight excluding hydrogens is 309 g/mol. The highest BCUT2D eigenvalue weighted by atomic mass is 79.9. The zero-order chi connectivity index (χ0) is 13.1. The average Bonchev–Trinajstić information content (AvgIpc) is 2.34. The first-order valence-electron chi connectivity index (χ1n) is 4.65. The second kappa shape index (κ2) is 5.05. The lowest BCUT2D eigenvalue weighted by atomic mass is 10.3. The van der Waals surface area contributed by atoms with E-state index in [0.29, 0.717) is 4.47 Å². The summed E-state index contributed by atoms with van der Waals surface area (Å²) in [5.41, 5.74) is -0.249. The Kier molecular flexibility index (Phi) is 3.47. The van der Waals surface area contributed by atoms with Crippen LogP contribution in [0.3, 0.4) is 0 Å². The fraction of sp³-hybridized carbons (Fsp3) is 0. The van der Waals surface area contributed by atoms with Gasteiger partial charge in [-0.15, -0.1) is 0 Å². The molecule has 0 saturated carbocycles. The minimum absolute atomic E-state index is 0.105. The molecule has 1 heterocycles. The topological polar surface area (TPSA) is 78.2 Å². The quantitative estimate of drug-likeness (QED) is 0.642. The van der Waals surface area contributed by atoms with Gasteiger partial charge in [0, 0.05) is 6.07 Å². The summed E-state index contributed by atoms with van der Waals surface area (Å²) in [6, 6.07) is 3.77. The predicted molar refractivity (Wildman–Crippen MR) is 62.9 cm³/mol. The molecule has 0 bridgehead atoms. The van der Waals surface area contributed by atoms with Crippen molar-refractivity contribution in [1.82, 2.24) is 9.97 Å². The lowest BCUT2D eigenvalue weighted by Gasteiger charge is -2.05. The normalized spacial score (nSPS) is 10.1. The van der Waals surface area contributed by atoms with Crippen LogP contribution in [0.15, 0.2) is 35.1 Å². The molecule has 0 aliphatic heterocycles. The van der Waals surface area contributed by atoms with Crippen LogP contribution in [0.4, 0.5) is 10.1 Å². The van der Waals surface area contributed by atoms with Gasteiger partial charge in [0.15, 0.2) is 0 Å². The van der Waals surface area contributed by atoms with Crippen LogP contribution < -0.4 is 4.74 Å². The predicted octanol–water partition coefficient (Wildman–Crippen LogP) is 3.08. The summed E-state index contributed by atoms with van der Waals surface area (Å²) < 4.78 is 18.7. The van der Waals surface area contributed by atoms with Gasteiger partial charge in [0.25, 0.3) is 0 Å². The number of halogens is 2. The highest BCUT2D eigenvalue weighted by Crippen LogP contribution is 2.28. The molecule has 2 rings (SSSR count). The second-order valence-corrected chi connectivity index (χ2v) is 4.01. The number of hydrogen-bond acceptors (Lipinski definition) is 5. The van der Waals surface area contributed by atoms with Gasteiger partial charge in [0.2, 0.25) is 0 Å². The van der Waals surface area contributed by atoms with Gasteiger partial charge in [-0.25, -0.2) is 4.39 Å². The molecule has 0 atom stereocenters. The molecule has 0 radical (unpaired) electrons. The number of hydrogen-bond donors (Lipinski definition) is 0. The summed E-state index contributed by atoms with van der Waals surface area (Å²) in [6.07, 6.45) is 2.02. The molecule has 1 aromatic heterocycles. The van der Waals surface area contributed by atoms with Gasteiger partial charge in [0.1, 0.15) is 24.0 Å². The molecule has 0 unspecified atom stereocenters. The van der Waals surface area contributed by atoms with Crippen LogP contribution in [-0.4, -0.2) is 14.9 Å². The van der Waals surface area contributed by atoms with Crippen LogP contribution >= 0.6 is 15.9 Å². The Hall–Kier alpha value is -2.09. The minimum Gasteiger partial charge on any atom is -0.423 e. The fourth-order valence-corrected chi connectivity index (χ4v) is 1.44. The van der Waals surface area contributed by atoms with Crippen LogP contribution in [0, 0.1) is 15.9 Å². The van der Waals surface area contributed by atoms with E-state index in [9.17, 15) is 14.5 Å². The Morgan fingerprint density at radius 1 is 1.33 bits per heavy atom. The summed E-state index contributed by atoms with van der Waals surface area (Å²) in [5, 5.41) is 10.4. The van der Waals surface area contributed by atoms with Crippen LogP contribution in [0.2, 0.25) is 0 Å². The van der Waals surface area contributed by atoms with E-state index < -0.39 is 10.7 Å². The summed E-state index contributed by atoms with van der Waals surface area (Å²) in [7, 11) is 0. The number of nitrogens with zero attached hydrogens (tertiary/aromatic N) is 3. The highest BCUT2D eigenvalue weighted by Gasteiger charge is 2.10. The number of aromatic nitrogens is 2. The summed E-state index contributed by atoms with van der Waals surface area (Å²) in [6.45, 7) is 0. The standard InChI is InChI=1S/C10H5BrFN3O3/c11-8-2-1-6(12)3-9(8)18-10-13-4-7(5-14-10)15(16)17/h1-5H. The lowest BCUT2D eigenvalue weighted by Crippen LogP contribution is -1.95. The molecule has 0 fully saturated rings. The van der Waals surface area contributed by atoms with Crippen molar-refractivity contribution in [2.24, 2.45) is 0 Å². The molecule has 0 saturated heterocycles. The SMILES string of the molecule is O=[N+]([O-])c1cnc(Oc2cc(F)ccc2Br)nc1. The summed E-state index contributed by atoms with van der Waals surface area (Å²) in [4.78, 5) is 17.1. The third-order valence-corrected chi connectivity index (χ3v) is 2.57. The largest absolute Gasteiger partial charge is 0.423 e. The van der Waals surface area contributed by atoms with E-state index >= 15 is 0 Å². The third-order valence-electron chi connectivity index (χ3n) is 1.92. The van der Waals surface area contributed by atoms with E-state index in [1.807, 2.05) is 0 Å². The molecule has 8 heteroatoms. The Morgan fingerprint density at radius 3 is 2.61 bits per heavy atom. The van der Waals surface area contributed by atoms with Crippen molar-refractivity contribution < 1.29 is 14.1 Å². The van der Waals surface area contributed by atoms with Crippen LogP contribution in [-0.2, 0) is 0 Å². The zero-order valence-electron chi connectivity index (χ0n) is 8.71. The van der Waals surface area contributed by atoms with Crippen LogP contribution in [0.5, 0.6) is 11.8 Å². The summed E-state index contributed by atoms with van der Waals surface area (Å²) >= 11 is 3.17. The van der Waals surface area contributed by atoms with Crippen molar-refractivity contribution >= 4 is 21.6 Å². The van der Waals surface area contributed by atoms with Gasteiger partial charge in [-0.2, -0.15) is 9.97 Å². The minimum atomic E-state index is -0.623. The van der Waals surface area contributed by atoms with Gasteiger partial charge < -0.3 is 4.74 Å². The van der Waals surface area contributed by atoms with Crippen molar-refractivity contribution in [2.75, 3.05) is 0 Å². The van der Waals surface area contributed by atoms with Crippen molar-refractivity contribution in [3.8, 4) is 11.8 Å². The molecule has 1 aromatic carbocycles. The van der Waals surface area contributed by atoms with E-state index in [1.165, 1.54) is 12.1 Å². The van der Waals surface area contributed by atoms with Gasteiger partial charge >= 0.3 is 11.7 Å². The molecule has 2 aromatic rings. The van der Waals surface area contributed by atoms with E-state index in [0.717, 1.165) is 18.5 Å². The number of benzene rings is 1. The summed E-state index contributed by atoms with van der Waals surface area (Å²) in [5.74, 6) is -0.293. The Labute approximate surface area is 109 Å². The molecule has 0 N–H and O–H groups in total. The maximum Gasteiger partial charge on any atom is 0.322 e. The smallest absolute Gasteiger partial charge is 0.322 e. The monoisotopic (exact) mass is 313 g/mol. The first kappa shape index (κ1) is 12.4. The maximum atomic E-state index is 13.0. The molecule has 6 nitrogen and oxygen atoms in total.